The molecule has 0 spiro atoms. The molecule has 0 aromatic heterocycles. The van der Waals surface area contributed by atoms with Gasteiger partial charge in [0.25, 0.3) is 0 Å². The number of likely N-dealkylation sites (tertiary alicyclic amines) is 1. The van der Waals surface area contributed by atoms with E-state index in [4.69, 9.17) is 11.5 Å². The number of hydrogen-bond donors (Lipinski definition) is 2. The van der Waals surface area contributed by atoms with Gasteiger partial charge >= 0.3 is 0 Å². The van der Waals surface area contributed by atoms with Crippen LogP contribution in [-0.4, -0.2) is 35.3 Å². The Balaban J connectivity index is 2.60. The molecular formula is C11H21N3O2. The van der Waals surface area contributed by atoms with E-state index in [1.165, 1.54) is 0 Å². The van der Waals surface area contributed by atoms with E-state index in [2.05, 4.69) is 0 Å². The highest BCUT2D eigenvalue weighted by molar-refractivity contribution is 5.87. The molecule has 0 bridgehead atoms. The number of primary amides is 1. The Morgan fingerprint density at radius 3 is 2.56 bits per heavy atom. The van der Waals surface area contributed by atoms with E-state index >= 15 is 0 Å². The zero-order valence-electron chi connectivity index (χ0n) is 10.0. The average Bonchev–Trinajstić information content (AvgIpc) is 2.65. The molecule has 5 heteroatoms. The average molecular weight is 227 g/mol. The smallest absolute Gasteiger partial charge is 0.242 e. The lowest BCUT2D eigenvalue weighted by molar-refractivity contribution is -0.135. The van der Waals surface area contributed by atoms with Crippen molar-refractivity contribution in [2.75, 3.05) is 13.1 Å². The van der Waals surface area contributed by atoms with E-state index in [0.717, 1.165) is 6.42 Å². The van der Waals surface area contributed by atoms with E-state index in [-0.39, 0.29) is 17.7 Å². The Morgan fingerprint density at radius 1 is 1.50 bits per heavy atom. The zero-order valence-corrected chi connectivity index (χ0v) is 10.0. The Bertz CT molecular complexity index is 289. The number of nitrogens with two attached hydrogens (primary N) is 2. The van der Waals surface area contributed by atoms with Crippen molar-refractivity contribution in [3.05, 3.63) is 0 Å². The maximum atomic E-state index is 12.1. The predicted molar refractivity (Wildman–Crippen MR) is 61.4 cm³/mol. The van der Waals surface area contributed by atoms with E-state index in [9.17, 15) is 9.59 Å². The van der Waals surface area contributed by atoms with Crippen LogP contribution in [0.2, 0.25) is 0 Å². The molecule has 1 heterocycles. The molecule has 0 aliphatic carbocycles. The van der Waals surface area contributed by atoms with Crippen molar-refractivity contribution in [1.29, 1.82) is 0 Å². The molecule has 1 fully saturated rings. The summed E-state index contributed by atoms with van der Waals surface area (Å²) in [5.41, 5.74) is 10.4. The summed E-state index contributed by atoms with van der Waals surface area (Å²) < 4.78 is 0. The normalized spacial score (nSPS) is 24.2. The first kappa shape index (κ1) is 13.0. The zero-order chi connectivity index (χ0) is 12.3. The van der Waals surface area contributed by atoms with Crippen molar-refractivity contribution >= 4 is 11.8 Å². The van der Waals surface area contributed by atoms with Gasteiger partial charge in [0.1, 0.15) is 0 Å². The lowest BCUT2D eigenvalue weighted by Crippen LogP contribution is -2.52. The van der Waals surface area contributed by atoms with Crippen LogP contribution < -0.4 is 11.5 Å². The van der Waals surface area contributed by atoms with E-state index in [1.54, 1.807) is 11.8 Å². The summed E-state index contributed by atoms with van der Waals surface area (Å²) in [6, 6.07) is 0. The number of hydrogen-bond acceptors (Lipinski definition) is 3. The molecule has 1 saturated heterocycles. The fourth-order valence-corrected chi connectivity index (χ4v) is 2.16. The Morgan fingerprint density at radius 2 is 2.12 bits per heavy atom. The summed E-state index contributed by atoms with van der Waals surface area (Å²) in [5.74, 6) is -0.607. The fraction of sp³-hybridized carbons (Fsp3) is 0.818. The molecule has 4 N–H and O–H groups in total. The molecule has 2 unspecified atom stereocenters. The lowest BCUT2D eigenvalue weighted by atomic mass is 9.96. The second-order valence-corrected chi connectivity index (χ2v) is 4.81. The van der Waals surface area contributed by atoms with Crippen molar-refractivity contribution in [1.82, 2.24) is 4.90 Å². The third-order valence-corrected chi connectivity index (χ3v) is 3.14. The van der Waals surface area contributed by atoms with Gasteiger partial charge in [-0.05, 0) is 19.8 Å². The molecule has 1 rings (SSSR count). The number of nitrogens with zero attached hydrogens (tertiary/aromatic N) is 1. The van der Waals surface area contributed by atoms with Gasteiger partial charge in [-0.2, -0.15) is 0 Å². The number of carbonyl (C=O) groups excluding carboxylic acids is 2. The van der Waals surface area contributed by atoms with Gasteiger partial charge in [-0.1, -0.05) is 13.3 Å². The molecular weight excluding hydrogens is 206 g/mol. The lowest BCUT2D eigenvalue weighted by Gasteiger charge is -2.28. The van der Waals surface area contributed by atoms with E-state index in [1.807, 2.05) is 6.92 Å². The number of carbonyl (C=O) groups is 2. The van der Waals surface area contributed by atoms with Crippen LogP contribution in [0.5, 0.6) is 0 Å². The van der Waals surface area contributed by atoms with Crippen molar-refractivity contribution in [3.8, 4) is 0 Å². The third-order valence-electron chi connectivity index (χ3n) is 3.14. The SMILES string of the molecule is CCCC(C)(N)C(=O)N1CCC(C(N)=O)C1. The van der Waals surface area contributed by atoms with Crippen LogP contribution in [0.3, 0.4) is 0 Å². The quantitative estimate of drug-likeness (QED) is 0.699. The molecule has 0 radical (unpaired) electrons. The summed E-state index contributed by atoms with van der Waals surface area (Å²) in [7, 11) is 0. The number of rotatable bonds is 4. The molecule has 0 aromatic carbocycles. The van der Waals surface area contributed by atoms with Gasteiger partial charge in [0, 0.05) is 13.1 Å². The van der Waals surface area contributed by atoms with E-state index in [0.29, 0.717) is 25.9 Å². The van der Waals surface area contributed by atoms with Crippen LogP contribution >= 0.6 is 0 Å². The minimum atomic E-state index is -0.818. The van der Waals surface area contributed by atoms with Crippen LogP contribution in [0, 0.1) is 5.92 Å². The van der Waals surface area contributed by atoms with Crippen LogP contribution in [0.15, 0.2) is 0 Å². The highest BCUT2D eigenvalue weighted by Crippen LogP contribution is 2.20. The fourth-order valence-electron chi connectivity index (χ4n) is 2.16. The molecule has 5 nitrogen and oxygen atoms in total. The summed E-state index contributed by atoms with van der Waals surface area (Å²) in [6.45, 7) is 4.75. The maximum Gasteiger partial charge on any atom is 0.242 e. The van der Waals surface area contributed by atoms with Crippen molar-refractivity contribution in [2.24, 2.45) is 17.4 Å². The molecule has 0 saturated carbocycles. The molecule has 2 atom stereocenters. The molecule has 1 aliphatic rings. The van der Waals surface area contributed by atoms with E-state index < -0.39 is 5.54 Å². The molecule has 16 heavy (non-hydrogen) atoms. The van der Waals surface area contributed by atoms with Crippen LogP contribution in [0.25, 0.3) is 0 Å². The second kappa shape index (κ2) is 4.82. The summed E-state index contributed by atoms with van der Waals surface area (Å²) in [4.78, 5) is 24.7. The topological polar surface area (TPSA) is 89.4 Å². The van der Waals surface area contributed by atoms with Gasteiger partial charge in [0.2, 0.25) is 11.8 Å². The van der Waals surface area contributed by atoms with Gasteiger partial charge in [-0.15, -0.1) is 0 Å². The Hall–Kier alpha value is -1.10. The third kappa shape index (κ3) is 2.72. The summed E-state index contributed by atoms with van der Waals surface area (Å²) in [6.07, 6.45) is 2.18. The van der Waals surface area contributed by atoms with Crippen molar-refractivity contribution in [2.45, 2.75) is 38.6 Å². The van der Waals surface area contributed by atoms with Gasteiger partial charge < -0.3 is 16.4 Å². The molecule has 1 aliphatic heterocycles. The maximum absolute atomic E-state index is 12.1. The summed E-state index contributed by atoms with van der Waals surface area (Å²) in [5, 5.41) is 0. The van der Waals surface area contributed by atoms with Gasteiger partial charge in [-0.25, -0.2) is 0 Å². The van der Waals surface area contributed by atoms with Gasteiger partial charge in [0.15, 0.2) is 0 Å². The van der Waals surface area contributed by atoms with Crippen LogP contribution in [0.4, 0.5) is 0 Å². The minimum absolute atomic E-state index is 0.0712. The van der Waals surface area contributed by atoms with Crippen LogP contribution in [-0.2, 0) is 9.59 Å². The van der Waals surface area contributed by atoms with Gasteiger partial charge in [0.05, 0.1) is 11.5 Å². The molecule has 2 amide bonds. The molecule has 0 aromatic rings. The predicted octanol–water partition coefficient (Wildman–Crippen LogP) is -0.162. The first-order chi connectivity index (χ1) is 7.38. The second-order valence-electron chi connectivity index (χ2n) is 4.81. The highest BCUT2D eigenvalue weighted by Gasteiger charge is 2.37. The van der Waals surface area contributed by atoms with Crippen molar-refractivity contribution in [3.63, 3.8) is 0 Å². The molecule has 92 valence electrons. The highest BCUT2D eigenvalue weighted by atomic mass is 16.2. The monoisotopic (exact) mass is 227 g/mol. The standard InChI is InChI=1S/C11H21N3O2/c1-3-5-11(2,13)10(16)14-6-4-8(7-14)9(12)15/h8H,3-7,13H2,1-2H3,(H2,12,15). The first-order valence-corrected chi connectivity index (χ1v) is 5.76. The minimum Gasteiger partial charge on any atom is -0.369 e. The van der Waals surface area contributed by atoms with Crippen molar-refractivity contribution < 1.29 is 9.59 Å². The van der Waals surface area contributed by atoms with Crippen LogP contribution in [0.1, 0.15) is 33.1 Å². The largest absolute Gasteiger partial charge is 0.369 e. The number of amides is 2. The summed E-state index contributed by atoms with van der Waals surface area (Å²) >= 11 is 0. The Labute approximate surface area is 96.1 Å². The van der Waals surface area contributed by atoms with Gasteiger partial charge in [-0.3, -0.25) is 9.59 Å². The first-order valence-electron chi connectivity index (χ1n) is 5.76. The Kier molecular flexibility index (Phi) is 3.91.